The second-order valence-corrected chi connectivity index (χ2v) is 3.95. The number of allylic oxidation sites excluding steroid dienone is 1. The van der Waals surface area contributed by atoms with Gasteiger partial charge in [0.2, 0.25) is 0 Å². The van der Waals surface area contributed by atoms with Crippen molar-refractivity contribution in [2.75, 3.05) is 0 Å². The van der Waals surface area contributed by atoms with E-state index in [1.54, 1.807) is 12.1 Å². The van der Waals surface area contributed by atoms with Gasteiger partial charge in [0.25, 0.3) is 0 Å². The van der Waals surface area contributed by atoms with Crippen molar-refractivity contribution < 1.29 is 9.90 Å². The first kappa shape index (κ1) is 11.5. The Morgan fingerprint density at radius 3 is 2.60 bits per heavy atom. The molecule has 2 heteroatoms. The summed E-state index contributed by atoms with van der Waals surface area (Å²) in [5, 5.41) is 9.03. The van der Waals surface area contributed by atoms with E-state index in [1.165, 1.54) is 0 Å². The van der Waals surface area contributed by atoms with Gasteiger partial charge in [-0.25, -0.2) is 4.79 Å². The highest BCUT2D eigenvalue weighted by Crippen LogP contribution is 2.25. The maximum Gasteiger partial charge on any atom is 0.335 e. The lowest BCUT2D eigenvalue weighted by atomic mass is 9.91. The molecule has 1 rings (SSSR count). The molecule has 1 atom stereocenters. The monoisotopic (exact) mass is 204 g/mol. The Morgan fingerprint density at radius 1 is 1.47 bits per heavy atom. The van der Waals surface area contributed by atoms with Crippen molar-refractivity contribution >= 4 is 5.97 Å². The van der Waals surface area contributed by atoms with Crippen molar-refractivity contribution in [3.63, 3.8) is 0 Å². The van der Waals surface area contributed by atoms with Crippen LogP contribution in [-0.4, -0.2) is 11.1 Å². The molecular formula is C13H16O2. The van der Waals surface area contributed by atoms with E-state index in [2.05, 4.69) is 6.58 Å². The van der Waals surface area contributed by atoms with Gasteiger partial charge in [-0.3, -0.25) is 0 Å². The zero-order valence-electron chi connectivity index (χ0n) is 9.16. The third kappa shape index (κ3) is 2.94. The lowest BCUT2D eigenvalue weighted by Gasteiger charge is -2.14. The summed E-state index contributed by atoms with van der Waals surface area (Å²) in [6.07, 6.45) is 0.824. The third-order valence-electron chi connectivity index (χ3n) is 2.38. The molecule has 80 valence electrons. The second kappa shape index (κ2) is 4.78. The molecule has 1 N–H and O–H groups in total. The summed E-state index contributed by atoms with van der Waals surface area (Å²) in [4.78, 5) is 11.0. The Morgan fingerprint density at radius 2 is 2.07 bits per heavy atom. The maximum absolute atomic E-state index is 11.0. The van der Waals surface area contributed by atoms with Gasteiger partial charge in [0.1, 0.15) is 0 Å². The number of carboxylic acids is 1. The number of rotatable bonds is 4. The Hall–Kier alpha value is -1.57. The van der Waals surface area contributed by atoms with Gasteiger partial charge >= 0.3 is 5.97 Å². The van der Waals surface area contributed by atoms with Crippen LogP contribution < -0.4 is 0 Å². The molecule has 0 fully saturated rings. The topological polar surface area (TPSA) is 37.3 Å². The summed E-state index contributed by atoms with van der Waals surface area (Å²) in [5.74, 6) is -0.658. The summed E-state index contributed by atoms with van der Waals surface area (Å²) in [5.41, 5.74) is 2.35. The van der Waals surface area contributed by atoms with Crippen LogP contribution in [0.15, 0.2) is 36.4 Å². The fourth-order valence-corrected chi connectivity index (χ4v) is 1.75. The summed E-state index contributed by atoms with van der Waals surface area (Å²) in [6, 6.07) is 7.14. The molecule has 0 aliphatic heterocycles. The van der Waals surface area contributed by atoms with E-state index in [4.69, 9.17) is 5.11 Å². The fourth-order valence-electron chi connectivity index (χ4n) is 1.75. The van der Waals surface area contributed by atoms with Gasteiger partial charge in [0.05, 0.1) is 5.56 Å². The molecule has 0 bridgehead atoms. The average molecular weight is 204 g/mol. The highest BCUT2D eigenvalue weighted by atomic mass is 16.4. The maximum atomic E-state index is 11.0. The highest BCUT2D eigenvalue weighted by molar-refractivity contribution is 5.89. The summed E-state index contributed by atoms with van der Waals surface area (Å²) < 4.78 is 0. The van der Waals surface area contributed by atoms with E-state index in [9.17, 15) is 4.79 Å². The SMILES string of the molecule is C=C(C)CC(C)c1ccccc1C(=O)O. The normalized spacial score (nSPS) is 12.1. The molecule has 0 aliphatic rings. The van der Waals surface area contributed by atoms with E-state index >= 15 is 0 Å². The number of hydrogen-bond acceptors (Lipinski definition) is 1. The van der Waals surface area contributed by atoms with Crippen molar-refractivity contribution in [3.05, 3.63) is 47.5 Å². The first-order valence-electron chi connectivity index (χ1n) is 4.99. The molecule has 1 aromatic carbocycles. The van der Waals surface area contributed by atoms with E-state index in [-0.39, 0.29) is 5.92 Å². The molecule has 0 aromatic heterocycles. The molecule has 1 unspecified atom stereocenters. The molecular weight excluding hydrogens is 188 g/mol. The summed E-state index contributed by atoms with van der Waals surface area (Å²) >= 11 is 0. The molecule has 2 nitrogen and oxygen atoms in total. The zero-order chi connectivity index (χ0) is 11.4. The van der Waals surface area contributed by atoms with Crippen LogP contribution in [0.1, 0.15) is 42.1 Å². The number of hydrogen-bond donors (Lipinski definition) is 1. The van der Waals surface area contributed by atoms with E-state index in [1.807, 2.05) is 26.0 Å². The largest absolute Gasteiger partial charge is 0.478 e. The summed E-state index contributed by atoms with van der Waals surface area (Å²) in [7, 11) is 0. The zero-order valence-corrected chi connectivity index (χ0v) is 9.16. The molecule has 0 saturated carbocycles. The lowest BCUT2D eigenvalue weighted by molar-refractivity contribution is 0.0695. The third-order valence-corrected chi connectivity index (χ3v) is 2.38. The lowest BCUT2D eigenvalue weighted by Crippen LogP contribution is -2.05. The van der Waals surface area contributed by atoms with Gasteiger partial charge in [-0.1, -0.05) is 30.7 Å². The van der Waals surface area contributed by atoms with Gasteiger partial charge in [0.15, 0.2) is 0 Å². The number of carboxylic acid groups (broad SMARTS) is 1. The van der Waals surface area contributed by atoms with Crippen LogP contribution >= 0.6 is 0 Å². The van der Waals surface area contributed by atoms with Gasteiger partial charge in [-0.2, -0.15) is 0 Å². The first-order chi connectivity index (χ1) is 7.02. The Bertz CT molecular complexity index is 380. The first-order valence-corrected chi connectivity index (χ1v) is 4.99. The van der Waals surface area contributed by atoms with Crippen molar-refractivity contribution in [2.24, 2.45) is 0 Å². The van der Waals surface area contributed by atoms with Crippen molar-refractivity contribution in [2.45, 2.75) is 26.2 Å². The molecule has 0 heterocycles. The van der Waals surface area contributed by atoms with Crippen molar-refractivity contribution in [3.8, 4) is 0 Å². The van der Waals surface area contributed by atoms with Crippen LogP contribution in [0.3, 0.4) is 0 Å². The van der Waals surface area contributed by atoms with Gasteiger partial charge in [0, 0.05) is 0 Å². The molecule has 1 aromatic rings. The minimum atomic E-state index is -0.862. The van der Waals surface area contributed by atoms with Crippen molar-refractivity contribution in [1.29, 1.82) is 0 Å². The van der Waals surface area contributed by atoms with E-state index in [0.29, 0.717) is 5.56 Å². The molecule has 0 radical (unpaired) electrons. The second-order valence-electron chi connectivity index (χ2n) is 3.95. The number of carbonyl (C=O) groups is 1. The van der Waals surface area contributed by atoms with E-state index in [0.717, 1.165) is 17.6 Å². The van der Waals surface area contributed by atoms with Crippen LogP contribution in [0, 0.1) is 0 Å². The Kier molecular flexibility index (Phi) is 3.67. The standard InChI is InChI=1S/C13H16O2/c1-9(2)8-10(3)11-6-4-5-7-12(11)13(14)15/h4-7,10H,1,8H2,2-3H3,(H,14,15). The van der Waals surface area contributed by atoms with Crippen LogP contribution in [0.25, 0.3) is 0 Å². The molecule has 0 spiro atoms. The quantitative estimate of drug-likeness (QED) is 0.762. The average Bonchev–Trinajstić information content (AvgIpc) is 2.16. The fraction of sp³-hybridized carbons (Fsp3) is 0.308. The molecule has 0 saturated heterocycles. The van der Waals surface area contributed by atoms with Gasteiger partial charge in [-0.05, 0) is 30.9 Å². The summed E-state index contributed by atoms with van der Waals surface area (Å²) in [6.45, 7) is 7.83. The number of aromatic carboxylic acids is 1. The molecule has 0 amide bonds. The molecule has 0 aliphatic carbocycles. The van der Waals surface area contributed by atoms with Crippen LogP contribution in [0.2, 0.25) is 0 Å². The number of benzene rings is 1. The minimum Gasteiger partial charge on any atom is -0.478 e. The molecule has 15 heavy (non-hydrogen) atoms. The predicted molar refractivity (Wildman–Crippen MR) is 61.2 cm³/mol. The van der Waals surface area contributed by atoms with Gasteiger partial charge in [-0.15, -0.1) is 6.58 Å². The minimum absolute atomic E-state index is 0.204. The smallest absolute Gasteiger partial charge is 0.335 e. The Balaban J connectivity index is 3.02. The van der Waals surface area contributed by atoms with Crippen molar-refractivity contribution in [1.82, 2.24) is 0 Å². The Labute approximate surface area is 90.3 Å². The van der Waals surface area contributed by atoms with Crippen LogP contribution in [0.5, 0.6) is 0 Å². The highest BCUT2D eigenvalue weighted by Gasteiger charge is 2.14. The van der Waals surface area contributed by atoms with E-state index < -0.39 is 5.97 Å². The predicted octanol–water partition coefficient (Wildman–Crippen LogP) is 3.45. The van der Waals surface area contributed by atoms with Crippen LogP contribution in [-0.2, 0) is 0 Å². The van der Waals surface area contributed by atoms with Crippen LogP contribution in [0.4, 0.5) is 0 Å². The van der Waals surface area contributed by atoms with Gasteiger partial charge < -0.3 is 5.11 Å².